The highest BCUT2D eigenvalue weighted by atomic mass is 35.5. The Morgan fingerprint density at radius 3 is 2.95 bits per heavy atom. The first-order valence-electron chi connectivity index (χ1n) is 6.96. The molecule has 21 heavy (non-hydrogen) atoms. The number of carbonyl (C=O) groups is 1. The Balaban J connectivity index is 1.72. The molecule has 1 aromatic carbocycles. The number of amides is 1. The van der Waals surface area contributed by atoms with Crippen molar-refractivity contribution in [3.63, 3.8) is 0 Å². The van der Waals surface area contributed by atoms with Gasteiger partial charge in [-0.2, -0.15) is 0 Å². The number of anilines is 1. The van der Waals surface area contributed by atoms with Crippen molar-refractivity contribution >= 4 is 34.5 Å². The zero-order valence-corrected chi connectivity index (χ0v) is 13.0. The van der Waals surface area contributed by atoms with Gasteiger partial charge in [-0.15, -0.1) is 11.3 Å². The molecule has 1 amide bonds. The Bertz CT molecular complexity index is 670. The number of hydrogen-bond acceptors (Lipinski definition) is 2. The lowest BCUT2D eigenvalue weighted by molar-refractivity contribution is -0.118. The van der Waals surface area contributed by atoms with Gasteiger partial charge in [0.2, 0.25) is 5.91 Å². The Hall–Kier alpha value is -1.39. The van der Waals surface area contributed by atoms with E-state index in [0.29, 0.717) is 19.4 Å². The number of halogens is 2. The van der Waals surface area contributed by atoms with Gasteiger partial charge in [-0.25, -0.2) is 4.39 Å². The second-order valence-corrected chi connectivity index (χ2v) is 6.93. The summed E-state index contributed by atoms with van der Waals surface area (Å²) in [5.41, 5.74) is 1.78. The van der Waals surface area contributed by atoms with Crippen molar-refractivity contribution in [1.29, 1.82) is 0 Å². The molecule has 1 aliphatic heterocycles. The first kappa shape index (κ1) is 14.5. The van der Waals surface area contributed by atoms with Crippen molar-refractivity contribution in [2.24, 2.45) is 0 Å². The van der Waals surface area contributed by atoms with Crippen LogP contribution in [0.4, 0.5) is 10.1 Å². The lowest BCUT2D eigenvalue weighted by atomic mass is 10.0. The SMILES string of the molecule is O=C(CCc1ccc(Cl)s1)N1CCCc2ccc(F)cc21. The summed E-state index contributed by atoms with van der Waals surface area (Å²) in [7, 11) is 0. The molecule has 0 saturated heterocycles. The molecule has 3 rings (SSSR count). The predicted molar refractivity (Wildman–Crippen MR) is 84.7 cm³/mol. The molecule has 0 radical (unpaired) electrons. The summed E-state index contributed by atoms with van der Waals surface area (Å²) in [6.45, 7) is 0.667. The van der Waals surface area contributed by atoms with E-state index in [4.69, 9.17) is 11.6 Å². The molecule has 0 spiro atoms. The molecule has 0 aliphatic carbocycles. The number of carbonyl (C=O) groups excluding carboxylic acids is 1. The molecule has 2 nitrogen and oxygen atoms in total. The molecule has 0 unspecified atom stereocenters. The van der Waals surface area contributed by atoms with Gasteiger partial charge in [-0.05, 0) is 49.1 Å². The molecule has 110 valence electrons. The van der Waals surface area contributed by atoms with Gasteiger partial charge in [0.05, 0.1) is 4.34 Å². The zero-order chi connectivity index (χ0) is 14.8. The minimum Gasteiger partial charge on any atom is -0.312 e. The van der Waals surface area contributed by atoms with Gasteiger partial charge in [0.1, 0.15) is 5.82 Å². The first-order valence-corrected chi connectivity index (χ1v) is 8.16. The molecule has 0 atom stereocenters. The van der Waals surface area contributed by atoms with E-state index in [2.05, 4.69) is 0 Å². The Labute approximate surface area is 132 Å². The van der Waals surface area contributed by atoms with Gasteiger partial charge in [0.15, 0.2) is 0 Å². The number of rotatable bonds is 3. The van der Waals surface area contributed by atoms with Gasteiger partial charge in [0.25, 0.3) is 0 Å². The number of nitrogens with zero attached hydrogens (tertiary/aromatic N) is 1. The summed E-state index contributed by atoms with van der Waals surface area (Å²) in [6, 6.07) is 8.50. The Morgan fingerprint density at radius 1 is 1.33 bits per heavy atom. The van der Waals surface area contributed by atoms with Crippen molar-refractivity contribution in [2.75, 3.05) is 11.4 Å². The summed E-state index contributed by atoms with van der Waals surface area (Å²) in [4.78, 5) is 15.2. The van der Waals surface area contributed by atoms with Crippen LogP contribution < -0.4 is 4.90 Å². The highest BCUT2D eigenvalue weighted by Crippen LogP contribution is 2.29. The lowest BCUT2D eigenvalue weighted by Crippen LogP contribution is -2.35. The van der Waals surface area contributed by atoms with Crippen molar-refractivity contribution in [2.45, 2.75) is 25.7 Å². The van der Waals surface area contributed by atoms with Gasteiger partial charge in [-0.3, -0.25) is 4.79 Å². The van der Waals surface area contributed by atoms with Gasteiger partial charge >= 0.3 is 0 Å². The first-order chi connectivity index (χ1) is 10.1. The number of aryl methyl sites for hydroxylation is 2. The molecule has 5 heteroatoms. The third-order valence-corrected chi connectivity index (χ3v) is 4.97. The average Bonchev–Trinajstić information content (AvgIpc) is 2.89. The summed E-state index contributed by atoms with van der Waals surface area (Å²) in [5.74, 6) is -0.246. The summed E-state index contributed by atoms with van der Waals surface area (Å²) < 4.78 is 14.2. The molecule has 0 fully saturated rings. The smallest absolute Gasteiger partial charge is 0.227 e. The van der Waals surface area contributed by atoms with E-state index < -0.39 is 0 Å². The van der Waals surface area contributed by atoms with Crippen LogP contribution in [0.1, 0.15) is 23.3 Å². The third kappa shape index (κ3) is 3.27. The fraction of sp³-hybridized carbons (Fsp3) is 0.312. The van der Waals surface area contributed by atoms with Crippen LogP contribution in [-0.2, 0) is 17.6 Å². The molecular weight excluding hydrogens is 309 g/mol. The minimum absolute atomic E-state index is 0.0473. The summed E-state index contributed by atoms with van der Waals surface area (Å²) >= 11 is 7.39. The van der Waals surface area contributed by atoms with E-state index in [9.17, 15) is 9.18 Å². The van der Waals surface area contributed by atoms with Crippen LogP contribution in [0.25, 0.3) is 0 Å². The van der Waals surface area contributed by atoms with E-state index in [1.54, 1.807) is 11.0 Å². The normalized spacial score (nSPS) is 14.1. The largest absolute Gasteiger partial charge is 0.312 e. The monoisotopic (exact) mass is 323 g/mol. The summed E-state index contributed by atoms with van der Waals surface area (Å²) in [5, 5.41) is 0. The van der Waals surface area contributed by atoms with Crippen LogP contribution >= 0.6 is 22.9 Å². The topological polar surface area (TPSA) is 20.3 Å². The highest BCUT2D eigenvalue weighted by Gasteiger charge is 2.22. The van der Waals surface area contributed by atoms with Gasteiger partial charge in [0, 0.05) is 23.5 Å². The molecule has 1 aromatic heterocycles. The maximum atomic E-state index is 13.4. The number of thiophene rings is 1. The van der Waals surface area contributed by atoms with E-state index >= 15 is 0 Å². The number of benzene rings is 1. The van der Waals surface area contributed by atoms with Crippen LogP contribution in [0.5, 0.6) is 0 Å². The zero-order valence-electron chi connectivity index (χ0n) is 11.4. The van der Waals surface area contributed by atoms with Crippen molar-refractivity contribution in [1.82, 2.24) is 0 Å². The van der Waals surface area contributed by atoms with E-state index in [1.165, 1.54) is 23.5 Å². The highest BCUT2D eigenvalue weighted by molar-refractivity contribution is 7.16. The fourth-order valence-electron chi connectivity index (χ4n) is 2.66. The van der Waals surface area contributed by atoms with E-state index in [-0.39, 0.29) is 11.7 Å². The van der Waals surface area contributed by atoms with Gasteiger partial charge < -0.3 is 4.90 Å². The average molecular weight is 324 g/mol. The van der Waals surface area contributed by atoms with Crippen LogP contribution in [0.2, 0.25) is 4.34 Å². The predicted octanol–water partition coefficient (Wildman–Crippen LogP) is 4.45. The fourth-order valence-corrected chi connectivity index (χ4v) is 3.75. The van der Waals surface area contributed by atoms with E-state index in [0.717, 1.165) is 33.3 Å². The van der Waals surface area contributed by atoms with Crippen LogP contribution in [0.3, 0.4) is 0 Å². The quantitative estimate of drug-likeness (QED) is 0.817. The molecule has 2 heterocycles. The van der Waals surface area contributed by atoms with Crippen LogP contribution in [0.15, 0.2) is 30.3 Å². The lowest BCUT2D eigenvalue weighted by Gasteiger charge is -2.29. The maximum absolute atomic E-state index is 13.4. The standard InChI is InChI=1S/C16H15ClFNOS/c17-15-7-5-13(21-15)6-8-16(20)19-9-1-2-11-3-4-12(18)10-14(11)19/h3-5,7,10H,1-2,6,8-9H2. The van der Waals surface area contributed by atoms with Crippen molar-refractivity contribution in [3.05, 3.63) is 50.9 Å². The maximum Gasteiger partial charge on any atom is 0.227 e. The van der Waals surface area contributed by atoms with Crippen LogP contribution in [0, 0.1) is 5.82 Å². The Morgan fingerprint density at radius 2 is 2.19 bits per heavy atom. The van der Waals surface area contributed by atoms with Crippen molar-refractivity contribution < 1.29 is 9.18 Å². The molecular formula is C16H15ClFNOS. The molecule has 0 N–H and O–H groups in total. The second kappa shape index (κ2) is 6.16. The van der Waals surface area contributed by atoms with E-state index in [1.807, 2.05) is 12.1 Å². The summed E-state index contributed by atoms with van der Waals surface area (Å²) in [6.07, 6.45) is 2.93. The minimum atomic E-state index is -0.293. The number of fused-ring (bicyclic) bond motifs is 1. The third-order valence-electron chi connectivity index (χ3n) is 3.68. The second-order valence-electron chi connectivity index (χ2n) is 5.13. The number of hydrogen-bond donors (Lipinski definition) is 0. The molecule has 0 bridgehead atoms. The van der Waals surface area contributed by atoms with Crippen LogP contribution in [-0.4, -0.2) is 12.5 Å². The Kier molecular flexibility index (Phi) is 4.27. The molecule has 0 saturated carbocycles. The van der Waals surface area contributed by atoms with Crippen molar-refractivity contribution in [3.8, 4) is 0 Å². The molecule has 2 aromatic rings. The van der Waals surface area contributed by atoms with Gasteiger partial charge in [-0.1, -0.05) is 17.7 Å². The molecule has 1 aliphatic rings.